The minimum absolute atomic E-state index is 0.0248. The molecule has 1 atom stereocenters. The average Bonchev–Trinajstić information content (AvgIpc) is 3.28. The normalized spacial score (nSPS) is 12.5. The molecular formula is C25H26N2O5S. The molecule has 0 bridgehead atoms. The molecule has 172 valence electrons. The van der Waals surface area contributed by atoms with Crippen LogP contribution in [0.2, 0.25) is 0 Å². The predicted molar refractivity (Wildman–Crippen MR) is 128 cm³/mol. The van der Waals surface area contributed by atoms with Crippen LogP contribution in [0.4, 0.5) is 0 Å². The molecule has 0 saturated heterocycles. The summed E-state index contributed by atoms with van der Waals surface area (Å²) in [6.07, 6.45) is 1.93. The summed E-state index contributed by atoms with van der Waals surface area (Å²) in [5, 5.41) is 1.04. The highest BCUT2D eigenvalue weighted by atomic mass is 32.2. The van der Waals surface area contributed by atoms with Gasteiger partial charge in [-0.1, -0.05) is 30.3 Å². The Hall–Kier alpha value is -3.49. The Morgan fingerprint density at radius 1 is 0.879 bits per heavy atom. The molecule has 0 spiro atoms. The van der Waals surface area contributed by atoms with Gasteiger partial charge in [0.15, 0.2) is 0 Å². The summed E-state index contributed by atoms with van der Waals surface area (Å²) in [4.78, 5) is 3.31. The molecular weight excluding hydrogens is 440 g/mol. The number of rotatable bonds is 9. The Balaban J connectivity index is 1.71. The number of ether oxygens (including phenoxy) is 3. The molecule has 4 aromatic rings. The summed E-state index contributed by atoms with van der Waals surface area (Å²) < 4.78 is 45.1. The number of sulfonamides is 1. The summed E-state index contributed by atoms with van der Waals surface area (Å²) in [5.74, 6) is 1.17. The van der Waals surface area contributed by atoms with Crippen LogP contribution in [0.3, 0.4) is 0 Å². The van der Waals surface area contributed by atoms with Crippen molar-refractivity contribution in [2.45, 2.75) is 10.8 Å². The Labute approximate surface area is 193 Å². The van der Waals surface area contributed by atoms with Crippen LogP contribution in [0.15, 0.2) is 77.8 Å². The summed E-state index contributed by atoms with van der Waals surface area (Å²) >= 11 is 0. The lowest BCUT2D eigenvalue weighted by Gasteiger charge is -2.19. The summed E-state index contributed by atoms with van der Waals surface area (Å²) in [6, 6.07) is 20.3. The van der Waals surface area contributed by atoms with Crippen molar-refractivity contribution in [2.24, 2.45) is 0 Å². The second-order valence-electron chi connectivity index (χ2n) is 7.48. The Morgan fingerprint density at radius 3 is 2.27 bits per heavy atom. The first kappa shape index (κ1) is 22.7. The highest BCUT2D eigenvalue weighted by molar-refractivity contribution is 7.89. The molecule has 2 N–H and O–H groups in total. The highest BCUT2D eigenvalue weighted by Crippen LogP contribution is 2.33. The molecule has 0 aliphatic carbocycles. The van der Waals surface area contributed by atoms with Crippen molar-refractivity contribution in [1.82, 2.24) is 9.71 Å². The second kappa shape index (κ2) is 9.56. The topological polar surface area (TPSA) is 89.7 Å². The number of para-hydroxylation sites is 1. The number of fused-ring (bicyclic) bond motifs is 1. The van der Waals surface area contributed by atoms with Crippen LogP contribution >= 0.6 is 0 Å². The van der Waals surface area contributed by atoms with E-state index in [1.807, 2.05) is 54.7 Å². The van der Waals surface area contributed by atoms with Gasteiger partial charge in [-0.15, -0.1) is 0 Å². The molecule has 0 aliphatic heterocycles. The zero-order chi connectivity index (χ0) is 23.4. The predicted octanol–water partition coefficient (Wildman–Crippen LogP) is 4.30. The van der Waals surface area contributed by atoms with Crippen LogP contribution < -0.4 is 18.9 Å². The molecule has 7 nitrogen and oxygen atoms in total. The van der Waals surface area contributed by atoms with Crippen LogP contribution in [-0.2, 0) is 10.0 Å². The number of nitrogens with one attached hydrogen (secondary N) is 2. The molecule has 0 amide bonds. The van der Waals surface area contributed by atoms with Crippen LogP contribution in [-0.4, -0.2) is 41.3 Å². The summed E-state index contributed by atoms with van der Waals surface area (Å²) in [6.45, 7) is 0.150. The number of hydrogen-bond acceptors (Lipinski definition) is 5. The van der Waals surface area contributed by atoms with Crippen molar-refractivity contribution in [3.8, 4) is 17.2 Å². The molecule has 1 heterocycles. The molecule has 0 fully saturated rings. The van der Waals surface area contributed by atoms with E-state index in [1.165, 1.54) is 20.3 Å². The van der Waals surface area contributed by atoms with Gasteiger partial charge in [0, 0.05) is 35.6 Å². The molecule has 0 aliphatic rings. The lowest BCUT2D eigenvalue weighted by atomic mass is 9.91. The smallest absolute Gasteiger partial charge is 0.244 e. The van der Waals surface area contributed by atoms with Gasteiger partial charge in [-0.2, -0.15) is 0 Å². The van der Waals surface area contributed by atoms with E-state index in [0.717, 1.165) is 27.8 Å². The minimum Gasteiger partial charge on any atom is -0.497 e. The van der Waals surface area contributed by atoms with Crippen molar-refractivity contribution >= 4 is 20.9 Å². The van der Waals surface area contributed by atoms with E-state index in [2.05, 4.69) is 9.71 Å². The molecule has 1 unspecified atom stereocenters. The first-order chi connectivity index (χ1) is 16.0. The van der Waals surface area contributed by atoms with Crippen LogP contribution in [0.1, 0.15) is 17.0 Å². The molecule has 0 saturated carbocycles. The average molecular weight is 467 g/mol. The number of aromatic amines is 1. The van der Waals surface area contributed by atoms with Gasteiger partial charge in [-0.25, -0.2) is 13.1 Å². The number of hydrogen-bond donors (Lipinski definition) is 2. The quantitative estimate of drug-likeness (QED) is 0.384. The SMILES string of the molecule is COc1ccc(C(CNS(=O)(=O)c2cc(OC)ccc2OC)c2c[nH]c3ccccc23)cc1. The molecule has 3 aromatic carbocycles. The molecule has 4 rings (SSSR count). The summed E-state index contributed by atoms with van der Waals surface area (Å²) in [5.41, 5.74) is 2.94. The van der Waals surface area contributed by atoms with Crippen molar-refractivity contribution in [3.63, 3.8) is 0 Å². The van der Waals surface area contributed by atoms with Gasteiger partial charge >= 0.3 is 0 Å². The van der Waals surface area contributed by atoms with Gasteiger partial charge in [-0.05, 0) is 41.5 Å². The number of methoxy groups -OCH3 is 3. The minimum atomic E-state index is -3.89. The van der Waals surface area contributed by atoms with E-state index in [-0.39, 0.29) is 23.1 Å². The molecule has 0 radical (unpaired) electrons. The fourth-order valence-electron chi connectivity index (χ4n) is 3.89. The van der Waals surface area contributed by atoms with Crippen LogP contribution in [0.25, 0.3) is 10.9 Å². The monoisotopic (exact) mass is 466 g/mol. The maximum atomic E-state index is 13.3. The molecule has 1 aromatic heterocycles. The van der Waals surface area contributed by atoms with Crippen LogP contribution in [0.5, 0.6) is 17.2 Å². The third kappa shape index (κ3) is 4.67. The molecule has 33 heavy (non-hydrogen) atoms. The third-order valence-corrected chi connectivity index (χ3v) is 7.10. The largest absolute Gasteiger partial charge is 0.497 e. The van der Waals surface area contributed by atoms with E-state index in [4.69, 9.17) is 14.2 Å². The van der Waals surface area contributed by atoms with E-state index >= 15 is 0 Å². The fraction of sp³-hybridized carbons (Fsp3) is 0.200. The first-order valence-corrected chi connectivity index (χ1v) is 11.9. The van der Waals surface area contributed by atoms with Gasteiger partial charge in [-0.3, -0.25) is 0 Å². The van der Waals surface area contributed by atoms with Crippen molar-refractivity contribution < 1.29 is 22.6 Å². The standard InChI is InChI=1S/C25H26N2O5S/c1-30-18-10-8-17(9-11-18)21(22-15-26-23-7-5-4-6-20(22)23)16-27-33(28,29)25-14-19(31-2)12-13-24(25)32-3/h4-15,21,26-27H,16H2,1-3H3. The third-order valence-electron chi connectivity index (χ3n) is 5.65. The number of benzene rings is 3. The van der Waals surface area contributed by atoms with E-state index in [0.29, 0.717) is 5.75 Å². The van der Waals surface area contributed by atoms with E-state index in [1.54, 1.807) is 19.2 Å². The van der Waals surface area contributed by atoms with Crippen molar-refractivity contribution in [1.29, 1.82) is 0 Å². The van der Waals surface area contributed by atoms with Gasteiger partial charge in [0.2, 0.25) is 10.0 Å². The lowest BCUT2D eigenvalue weighted by Crippen LogP contribution is -2.29. The van der Waals surface area contributed by atoms with Crippen LogP contribution in [0, 0.1) is 0 Å². The highest BCUT2D eigenvalue weighted by Gasteiger charge is 2.25. The number of aromatic nitrogens is 1. The first-order valence-electron chi connectivity index (χ1n) is 10.4. The van der Waals surface area contributed by atoms with E-state index in [9.17, 15) is 8.42 Å². The second-order valence-corrected chi connectivity index (χ2v) is 9.22. The lowest BCUT2D eigenvalue weighted by molar-refractivity contribution is 0.392. The van der Waals surface area contributed by atoms with Gasteiger partial charge in [0.05, 0.1) is 21.3 Å². The Bertz CT molecular complexity index is 1350. The zero-order valence-corrected chi connectivity index (χ0v) is 19.5. The van der Waals surface area contributed by atoms with Gasteiger partial charge in [0.1, 0.15) is 22.1 Å². The number of H-pyrrole nitrogens is 1. The van der Waals surface area contributed by atoms with Gasteiger partial charge < -0.3 is 19.2 Å². The Morgan fingerprint density at radius 2 is 1.58 bits per heavy atom. The summed E-state index contributed by atoms with van der Waals surface area (Å²) in [7, 11) is 0.653. The maximum absolute atomic E-state index is 13.3. The zero-order valence-electron chi connectivity index (χ0n) is 18.7. The van der Waals surface area contributed by atoms with Crippen molar-refractivity contribution in [3.05, 3.63) is 84.1 Å². The fourth-order valence-corrected chi connectivity index (χ4v) is 5.12. The Kier molecular flexibility index (Phi) is 6.57. The maximum Gasteiger partial charge on any atom is 0.244 e. The van der Waals surface area contributed by atoms with Crippen molar-refractivity contribution in [2.75, 3.05) is 27.9 Å². The van der Waals surface area contributed by atoms with Gasteiger partial charge in [0.25, 0.3) is 0 Å². The van der Waals surface area contributed by atoms with E-state index < -0.39 is 10.0 Å². The molecule has 8 heteroatoms.